The molecule has 0 atom stereocenters. The number of carbonyl (C=O) groups is 2. The summed E-state index contributed by atoms with van der Waals surface area (Å²) in [5.41, 5.74) is 1.73. The second-order valence-electron chi connectivity index (χ2n) is 7.63. The summed E-state index contributed by atoms with van der Waals surface area (Å²) in [7, 11) is 0. The van der Waals surface area contributed by atoms with Crippen LogP contribution in [0.25, 0.3) is 11.0 Å². The highest BCUT2D eigenvalue weighted by atomic mass is 16.2. The van der Waals surface area contributed by atoms with E-state index in [2.05, 4.69) is 4.98 Å². The number of rotatable bonds is 2. The molecule has 2 aromatic rings. The molecule has 0 unspecified atom stereocenters. The minimum atomic E-state index is -0.158. The maximum atomic E-state index is 13.0. The zero-order valence-electron chi connectivity index (χ0n) is 15.4. The van der Waals surface area contributed by atoms with Gasteiger partial charge in [-0.15, -0.1) is 0 Å². The summed E-state index contributed by atoms with van der Waals surface area (Å²) in [4.78, 5) is 33.5. The van der Waals surface area contributed by atoms with Crippen molar-refractivity contribution in [1.29, 1.82) is 0 Å². The topological polar surface area (TPSA) is 58.4 Å². The maximum Gasteiger partial charge on any atom is 0.242 e. The summed E-state index contributed by atoms with van der Waals surface area (Å²) < 4.78 is 1.92. The van der Waals surface area contributed by atoms with Crippen LogP contribution in [0.1, 0.15) is 39.0 Å². The Morgan fingerprint density at radius 2 is 1.88 bits per heavy atom. The SMILES string of the molecule is CC(=O)N1CCN(C(=O)Cn2cnc3ccccc32)CC12CCCCC2. The number of carbonyl (C=O) groups excluding carboxylic acids is 2. The van der Waals surface area contributed by atoms with Gasteiger partial charge in [-0.3, -0.25) is 9.59 Å². The number of nitrogens with zero attached hydrogens (tertiary/aromatic N) is 4. The Labute approximate surface area is 153 Å². The lowest BCUT2D eigenvalue weighted by Crippen LogP contribution is -2.65. The van der Waals surface area contributed by atoms with E-state index >= 15 is 0 Å². The zero-order valence-corrected chi connectivity index (χ0v) is 15.4. The average molecular weight is 354 g/mol. The number of amides is 2. The first kappa shape index (κ1) is 17.1. The standard InChI is InChI=1S/C20H26N4O2/c1-16(25)24-12-11-22(14-20(24)9-5-2-6-10-20)19(26)13-23-15-21-17-7-3-4-8-18(17)23/h3-4,7-8,15H,2,5-6,9-14H2,1H3. The summed E-state index contributed by atoms with van der Waals surface area (Å²) in [6.07, 6.45) is 7.25. The minimum Gasteiger partial charge on any atom is -0.337 e. The van der Waals surface area contributed by atoms with Gasteiger partial charge in [0.2, 0.25) is 11.8 Å². The van der Waals surface area contributed by atoms with E-state index in [1.165, 1.54) is 6.42 Å². The van der Waals surface area contributed by atoms with Crippen LogP contribution in [0.4, 0.5) is 0 Å². The first-order valence-electron chi connectivity index (χ1n) is 9.55. The highest BCUT2D eigenvalue weighted by Gasteiger charge is 2.44. The smallest absolute Gasteiger partial charge is 0.242 e. The van der Waals surface area contributed by atoms with E-state index in [4.69, 9.17) is 0 Å². The zero-order chi connectivity index (χ0) is 18.1. The van der Waals surface area contributed by atoms with Gasteiger partial charge < -0.3 is 14.4 Å². The molecule has 6 nitrogen and oxygen atoms in total. The molecule has 2 heterocycles. The molecule has 0 bridgehead atoms. The number of piperazine rings is 1. The van der Waals surface area contributed by atoms with Crippen molar-refractivity contribution < 1.29 is 9.59 Å². The van der Waals surface area contributed by atoms with E-state index in [9.17, 15) is 9.59 Å². The first-order chi connectivity index (χ1) is 12.6. The van der Waals surface area contributed by atoms with Gasteiger partial charge in [0.25, 0.3) is 0 Å². The Kier molecular flexibility index (Phi) is 4.42. The third kappa shape index (κ3) is 2.97. The Hall–Kier alpha value is -2.37. The van der Waals surface area contributed by atoms with Gasteiger partial charge in [-0.2, -0.15) is 0 Å². The molecule has 26 heavy (non-hydrogen) atoms. The molecule has 2 amide bonds. The molecular formula is C20H26N4O2. The van der Waals surface area contributed by atoms with Crippen molar-refractivity contribution in [2.75, 3.05) is 19.6 Å². The Bertz CT molecular complexity index is 822. The van der Waals surface area contributed by atoms with E-state index in [0.717, 1.165) is 36.7 Å². The molecule has 1 aliphatic heterocycles. The van der Waals surface area contributed by atoms with Gasteiger partial charge >= 0.3 is 0 Å². The van der Waals surface area contributed by atoms with Crippen LogP contribution in [0, 0.1) is 0 Å². The molecule has 1 aromatic heterocycles. The average Bonchev–Trinajstić information content (AvgIpc) is 3.05. The van der Waals surface area contributed by atoms with Gasteiger partial charge in [-0.25, -0.2) is 4.98 Å². The molecule has 6 heteroatoms. The molecule has 4 rings (SSSR count). The number of benzene rings is 1. The second kappa shape index (κ2) is 6.74. The van der Waals surface area contributed by atoms with Crippen LogP contribution < -0.4 is 0 Å². The van der Waals surface area contributed by atoms with Gasteiger partial charge in [-0.1, -0.05) is 31.4 Å². The van der Waals surface area contributed by atoms with Gasteiger partial charge in [0.15, 0.2) is 0 Å². The second-order valence-corrected chi connectivity index (χ2v) is 7.63. The molecule has 1 saturated heterocycles. The quantitative estimate of drug-likeness (QED) is 0.832. The third-order valence-corrected chi connectivity index (χ3v) is 6.00. The predicted molar refractivity (Wildman–Crippen MR) is 99.5 cm³/mol. The molecule has 2 fully saturated rings. The van der Waals surface area contributed by atoms with Crippen LogP contribution in [0.15, 0.2) is 30.6 Å². The van der Waals surface area contributed by atoms with Crippen molar-refractivity contribution in [3.05, 3.63) is 30.6 Å². The monoisotopic (exact) mass is 354 g/mol. The van der Waals surface area contributed by atoms with E-state index in [-0.39, 0.29) is 17.4 Å². The van der Waals surface area contributed by atoms with E-state index in [0.29, 0.717) is 26.2 Å². The number of hydrogen-bond acceptors (Lipinski definition) is 3. The molecule has 1 spiro atoms. The number of hydrogen-bond donors (Lipinski definition) is 0. The van der Waals surface area contributed by atoms with Crippen molar-refractivity contribution in [2.24, 2.45) is 0 Å². The summed E-state index contributed by atoms with van der Waals surface area (Å²) in [6, 6.07) is 7.87. The lowest BCUT2D eigenvalue weighted by Gasteiger charge is -2.52. The summed E-state index contributed by atoms with van der Waals surface area (Å²) >= 11 is 0. The van der Waals surface area contributed by atoms with Crippen LogP contribution in [-0.2, 0) is 16.1 Å². The summed E-state index contributed by atoms with van der Waals surface area (Å²) in [5.74, 6) is 0.251. The van der Waals surface area contributed by atoms with Crippen molar-refractivity contribution in [2.45, 2.75) is 51.1 Å². The highest BCUT2D eigenvalue weighted by molar-refractivity contribution is 5.81. The van der Waals surface area contributed by atoms with Crippen LogP contribution in [0.3, 0.4) is 0 Å². The molecular weight excluding hydrogens is 328 g/mol. The fourth-order valence-electron chi connectivity index (χ4n) is 4.70. The lowest BCUT2D eigenvalue weighted by molar-refractivity contribution is -0.150. The normalized spacial score (nSPS) is 19.9. The molecule has 2 aliphatic rings. The van der Waals surface area contributed by atoms with Crippen molar-refractivity contribution in [3.63, 3.8) is 0 Å². The van der Waals surface area contributed by atoms with Crippen LogP contribution >= 0.6 is 0 Å². The Balaban J connectivity index is 1.52. The van der Waals surface area contributed by atoms with Crippen molar-refractivity contribution >= 4 is 22.8 Å². The first-order valence-corrected chi connectivity index (χ1v) is 9.55. The molecule has 1 aliphatic carbocycles. The molecule has 0 radical (unpaired) electrons. The fourth-order valence-corrected chi connectivity index (χ4v) is 4.70. The third-order valence-electron chi connectivity index (χ3n) is 6.00. The van der Waals surface area contributed by atoms with Gasteiger partial charge in [-0.05, 0) is 25.0 Å². The maximum absolute atomic E-state index is 13.0. The molecule has 1 aromatic carbocycles. The van der Waals surface area contributed by atoms with Crippen molar-refractivity contribution in [3.8, 4) is 0 Å². The van der Waals surface area contributed by atoms with Crippen LogP contribution in [0.2, 0.25) is 0 Å². The molecule has 1 saturated carbocycles. The largest absolute Gasteiger partial charge is 0.337 e. The lowest BCUT2D eigenvalue weighted by atomic mass is 9.78. The van der Waals surface area contributed by atoms with Gasteiger partial charge in [0, 0.05) is 26.6 Å². The molecule has 138 valence electrons. The van der Waals surface area contributed by atoms with E-state index < -0.39 is 0 Å². The predicted octanol–water partition coefficient (Wildman–Crippen LogP) is 2.43. The number of imidazole rings is 1. The Morgan fingerprint density at radius 1 is 1.12 bits per heavy atom. The van der Waals surface area contributed by atoms with Crippen LogP contribution in [0.5, 0.6) is 0 Å². The van der Waals surface area contributed by atoms with Gasteiger partial charge in [0.05, 0.1) is 22.9 Å². The van der Waals surface area contributed by atoms with E-state index in [1.54, 1.807) is 13.3 Å². The highest BCUT2D eigenvalue weighted by Crippen LogP contribution is 2.36. The molecule has 0 N–H and O–H groups in total. The van der Waals surface area contributed by atoms with Crippen molar-refractivity contribution in [1.82, 2.24) is 19.4 Å². The minimum absolute atomic E-state index is 0.112. The summed E-state index contributed by atoms with van der Waals surface area (Å²) in [6.45, 7) is 3.89. The number of aromatic nitrogens is 2. The van der Waals surface area contributed by atoms with Crippen LogP contribution in [-0.4, -0.2) is 56.3 Å². The number of fused-ring (bicyclic) bond motifs is 1. The van der Waals surface area contributed by atoms with E-state index in [1.807, 2.05) is 38.6 Å². The van der Waals surface area contributed by atoms with Gasteiger partial charge in [0.1, 0.15) is 6.54 Å². The summed E-state index contributed by atoms with van der Waals surface area (Å²) in [5, 5.41) is 0. The Morgan fingerprint density at radius 3 is 2.65 bits per heavy atom. The fraction of sp³-hybridized carbons (Fsp3) is 0.550. The number of para-hydroxylation sites is 2.